The van der Waals surface area contributed by atoms with Crippen molar-refractivity contribution in [1.29, 1.82) is 0 Å². The summed E-state index contributed by atoms with van der Waals surface area (Å²) >= 11 is 0. The molecule has 1 aliphatic heterocycles. The Morgan fingerprint density at radius 2 is 2.12 bits per heavy atom. The van der Waals surface area contributed by atoms with Crippen molar-refractivity contribution in [3.8, 4) is 11.5 Å². The van der Waals surface area contributed by atoms with E-state index in [1.807, 2.05) is 18.2 Å². The van der Waals surface area contributed by atoms with Gasteiger partial charge < -0.3 is 19.5 Å². The van der Waals surface area contributed by atoms with Crippen molar-refractivity contribution in [1.82, 2.24) is 15.5 Å². The number of carbonyl (C=O) groups is 1. The van der Waals surface area contributed by atoms with Gasteiger partial charge in [0.15, 0.2) is 0 Å². The number of carbonyl (C=O) groups excluding carboxylic acids is 1. The van der Waals surface area contributed by atoms with Gasteiger partial charge in [0.2, 0.25) is 0 Å². The lowest BCUT2D eigenvalue weighted by atomic mass is 10.0. The Hall–Kier alpha value is -2.54. The zero-order valence-electron chi connectivity index (χ0n) is 14.3. The van der Waals surface area contributed by atoms with Crippen molar-refractivity contribution in [2.75, 3.05) is 26.9 Å². The van der Waals surface area contributed by atoms with Gasteiger partial charge in [-0.15, -0.1) is 0 Å². The van der Waals surface area contributed by atoms with Crippen molar-refractivity contribution < 1.29 is 19.0 Å². The Balaban J connectivity index is 1.48. The van der Waals surface area contributed by atoms with Crippen molar-refractivity contribution >= 4 is 5.91 Å². The van der Waals surface area contributed by atoms with Crippen LogP contribution in [0.1, 0.15) is 29.0 Å². The average Bonchev–Trinajstić information content (AvgIpc) is 3.14. The maximum atomic E-state index is 12.2. The molecular formula is C18H23N3O4. The Labute approximate surface area is 146 Å². The summed E-state index contributed by atoms with van der Waals surface area (Å²) in [6.07, 6.45) is 1.97. The molecule has 7 heteroatoms. The summed E-state index contributed by atoms with van der Waals surface area (Å²) in [5, 5.41) is 9.83. The Morgan fingerprint density at radius 3 is 2.92 bits per heavy atom. The summed E-state index contributed by atoms with van der Waals surface area (Å²) < 4.78 is 16.2. The second-order valence-corrected chi connectivity index (χ2v) is 6.01. The zero-order valence-corrected chi connectivity index (χ0v) is 14.3. The molecule has 134 valence electrons. The van der Waals surface area contributed by atoms with Gasteiger partial charge in [-0.25, -0.2) is 0 Å². The van der Waals surface area contributed by atoms with Crippen molar-refractivity contribution in [3.05, 3.63) is 41.7 Å². The van der Waals surface area contributed by atoms with Crippen LogP contribution in [0.15, 0.2) is 30.3 Å². The minimum absolute atomic E-state index is 0.171. The summed E-state index contributed by atoms with van der Waals surface area (Å²) in [7, 11) is 1.61. The molecule has 0 atom stereocenters. The molecule has 25 heavy (non-hydrogen) atoms. The number of hydrogen-bond acceptors (Lipinski definition) is 5. The Morgan fingerprint density at radius 1 is 1.32 bits per heavy atom. The highest BCUT2D eigenvalue weighted by atomic mass is 16.5. The van der Waals surface area contributed by atoms with Gasteiger partial charge in [-0.3, -0.25) is 9.89 Å². The highest BCUT2D eigenvalue weighted by Crippen LogP contribution is 2.19. The molecule has 2 aromatic rings. The van der Waals surface area contributed by atoms with E-state index in [0.717, 1.165) is 37.5 Å². The van der Waals surface area contributed by atoms with Crippen LogP contribution in [0.4, 0.5) is 0 Å². The molecule has 1 fully saturated rings. The second-order valence-electron chi connectivity index (χ2n) is 6.01. The Kier molecular flexibility index (Phi) is 5.90. The predicted octanol–water partition coefficient (Wildman–Crippen LogP) is 2.15. The first-order valence-corrected chi connectivity index (χ1v) is 8.41. The number of H-pyrrole nitrogens is 1. The summed E-state index contributed by atoms with van der Waals surface area (Å²) in [6, 6.07) is 9.07. The number of rotatable bonds is 7. The van der Waals surface area contributed by atoms with E-state index in [4.69, 9.17) is 14.2 Å². The summed E-state index contributed by atoms with van der Waals surface area (Å²) in [4.78, 5) is 12.2. The summed E-state index contributed by atoms with van der Waals surface area (Å²) in [5.41, 5.74) is 1.11. The van der Waals surface area contributed by atoms with Crippen LogP contribution in [-0.4, -0.2) is 43.0 Å². The van der Waals surface area contributed by atoms with Gasteiger partial charge in [-0.2, -0.15) is 5.10 Å². The minimum Gasteiger partial charge on any atom is -0.497 e. The molecule has 2 heterocycles. The quantitative estimate of drug-likeness (QED) is 0.803. The zero-order chi connectivity index (χ0) is 17.5. The fraction of sp³-hybridized carbons (Fsp3) is 0.444. The third-order valence-corrected chi connectivity index (χ3v) is 4.19. The SMILES string of the molecule is COc1cccc(OCc2cc(C(=O)NCC3CCOCC3)n[nH]2)c1. The maximum Gasteiger partial charge on any atom is 0.271 e. The molecule has 0 saturated carbocycles. The monoisotopic (exact) mass is 345 g/mol. The lowest BCUT2D eigenvalue weighted by molar-refractivity contribution is 0.0642. The topological polar surface area (TPSA) is 85.5 Å². The van der Waals surface area contributed by atoms with E-state index in [-0.39, 0.29) is 5.91 Å². The van der Waals surface area contributed by atoms with Crippen LogP contribution < -0.4 is 14.8 Å². The predicted molar refractivity (Wildman–Crippen MR) is 91.8 cm³/mol. The number of nitrogens with one attached hydrogen (secondary N) is 2. The van der Waals surface area contributed by atoms with E-state index < -0.39 is 0 Å². The standard InChI is InChI=1S/C18H23N3O4/c1-23-15-3-2-4-16(10-15)25-12-14-9-17(21-20-14)18(22)19-11-13-5-7-24-8-6-13/h2-4,9-10,13H,5-8,11-12H2,1H3,(H,19,22)(H,20,21). The first-order chi connectivity index (χ1) is 12.2. The molecule has 0 bridgehead atoms. The number of amides is 1. The molecule has 1 aromatic carbocycles. The molecule has 1 saturated heterocycles. The van der Waals surface area contributed by atoms with E-state index in [1.54, 1.807) is 19.2 Å². The van der Waals surface area contributed by atoms with Crippen LogP contribution in [0.2, 0.25) is 0 Å². The number of nitrogens with zero attached hydrogens (tertiary/aromatic N) is 1. The van der Waals surface area contributed by atoms with Gasteiger partial charge in [-0.1, -0.05) is 6.07 Å². The molecule has 1 aromatic heterocycles. The largest absolute Gasteiger partial charge is 0.497 e. The highest BCUT2D eigenvalue weighted by molar-refractivity contribution is 5.92. The van der Waals surface area contributed by atoms with Gasteiger partial charge in [-0.05, 0) is 37.0 Å². The molecule has 3 rings (SSSR count). The van der Waals surface area contributed by atoms with E-state index in [2.05, 4.69) is 15.5 Å². The molecule has 0 spiro atoms. The molecule has 1 amide bonds. The smallest absolute Gasteiger partial charge is 0.271 e. The third-order valence-electron chi connectivity index (χ3n) is 4.19. The van der Waals surface area contributed by atoms with Crippen molar-refractivity contribution in [3.63, 3.8) is 0 Å². The van der Waals surface area contributed by atoms with Gasteiger partial charge in [0.05, 0.1) is 12.8 Å². The van der Waals surface area contributed by atoms with Crippen LogP contribution in [0, 0.1) is 5.92 Å². The number of aromatic nitrogens is 2. The summed E-state index contributed by atoms with van der Waals surface area (Å²) in [6.45, 7) is 2.50. The molecule has 0 radical (unpaired) electrons. The second kappa shape index (κ2) is 8.53. The normalized spacial score (nSPS) is 14.9. The minimum atomic E-state index is -0.171. The average molecular weight is 345 g/mol. The number of methoxy groups -OCH3 is 1. The van der Waals surface area contributed by atoms with E-state index in [9.17, 15) is 4.79 Å². The molecule has 0 aliphatic carbocycles. The third kappa shape index (κ3) is 4.96. The molecule has 1 aliphatic rings. The number of benzene rings is 1. The number of ether oxygens (including phenoxy) is 3. The lowest BCUT2D eigenvalue weighted by Crippen LogP contribution is -2.32. The van der Waals surface area contributed by atoms with Crippen molar-refractivity contribution in [2.24, 2.45) is 5.92 Å². The number of aromatic amines is 1. The first kappa shape index (κ1) is 17.3. The van der Waals surface area contributed by atoms with Crippen molar-refractivity contribution in [2.45, 2.75) is 19.4 Å². The van der Waals surface area contributed by atoms with Gasteiger partial charge in [0.25, 0.3) is 5.91 Å². The molecule has 2 N–H and O–H groups in total. The van der Waals surface area contributed by atoms with Crippen LogP contribution >= 0.6 is 0 Å². The van der Waals surface area contributed by atoms with E-state index in [0.29, 0.717) is 30.5 Å². The fourth-order valence-electron chi connectivity index (χ4n) is 2.68. The fourth-order valence-corrected chi connectivity index (χ4v) is 2.68. The molecule has 0 unspecified atom stereocenters. The van der Waals surface area contributed by atoms with E-state index >= 15 is 0 Å². The van der Waals surface area contributed by atoms with E-state index in [1.165, 1.54) is 0 Å². The highest BCUT2D eigenvalue weighted by Gasteiger charge is 2.16. The van der Waals surface area contributed by atoms with Crippen LogP contribution in [0.25, 0.3) is 0 Å². The molecular weight excluding hydrogens is 322 g/mol. The maximum absolute atomic E-state index is 12.2. The van der Waals surface area contributed by atoms with Crippen LogP contribution in [0.3, 0.4) is 0 Å². The van der Waals surface area contributed by atoms with Gasteiger partial charge >= 0.3 is 0 Å². The Bertz CT molecular complexity index is 695. The van der Waals surface area contributed by atoms with Crippen LogP contribution in [-0.2, 0) is 11.3 Å². The summed E-state index contributed by atoms with van der Waals surface area (Å²) in [5.74, 6) is 1.73. The lowest BCUT2D eigenvalue weighted by Gasteiger charge is -2.21. The van der Waals surface area contributed by atoms with Gasteiger partial charge in [0.1, 0.15) is 23.8 Å². The van der Waals surface area contributed by atoms with Gasteiger partial charge in [0, 0.05) is 25.8 Å². The first-order valence-electron chi connectivity index (χ1n) is 8.41. The number of hydrogen-bond donors (Lipinski definition) is 2. The van der Waals surface area contributed by atoms with Crippen LogP contribution in [0.5, 0.6) is 11.5 Å². The molecule has 7 nitrogen and oxygen atoms in total.